The van der Waals surface area contributed by atoms with Crippen LogP contribution in [0.5, 0.6) is 0 Å². The Labute approximate surface area is 156 Å². The smallest absolute Gasteiger partial charge is 0.244 e. The van der Waals surface area contributed by atoms with Crippen molar-refractivity contribution >= 4 is 22.8 Å². The van der Waals surface area contributed by atoms with E-state index >= 15 is 0 Å². The second-order valence-corrected chi connectivity index (χ2v) is 5.95. The highest BCUT2D eigenvalue weighted by atomic mass is 16.1. The minimum absolute atomic E-state index is 0.170. The van der Waals surface area contributed by atoms with Gasteiger partial charge in [0.15, 0.2) is 5.82 Å². The fourth-order valence-electron chi connectivity index (χ4n) is 2.89. The number of amides is 1. The number of nitrogens with zero attached hydrogens (tertiary/aromatic N) is 4. The first-order valence-corrected chi connectivity index (χ1v) is 8.54. The van der Waals surface area contributed by atoms with Crippen LogP contribution in [0.15, 0.2) is 79.5 Å². The van der Waals surface area contributed by atoms with Gasteiger partial charge in [-0.1, -0.05) is 48.5 Å². The third-order valence-corrected chi connectivity index (χ3v) is 4.19. The molecule has 4 rings (SSSR count). The Morgan fingerprint density at radius 1 is 1.07 bits per heavy atom. The molecule has 1 amide bonds. The van der Waals surface area contributed by atoms with Crippen LogP contribution < -0.4 is 5.32 Å². The molecular weight excluding hydrogens is 338 g/mol. The second kappa shape index (κ2) is 7.61. The highest BCUT2D eigenvalue weighted by Crippen LogP contribution is 2.19. The number of nitrogens with one attached hydrogen (secondary N) is 1. The van der Waals surface area contributed by atoms with Crippen molar-refractivity contribution in [2.45, 2.75) is 6.54 Å². The molecule has 1 N–H and O–H groups in total. The van der Waals surface area contributed by atoms with Crippen LogP contribution in [0.1, 0.15) is 11.1 Å². The third-order valence-electron chi connectivity index (χ3n) is 4.19. The van der Waals surface area contributed by atoms with E-state index in [2.05, 4.69) is 32.5 Å². The summed E-state index contributed by atoms with van der Waals surface area (Å²) >= 11 is 0. The average molecular weight is 355 g/mol. The van der Waals surface area contributed by atoms with Crippen molar-refractivity contribution in [2.24, 2.45) is 0 Å². The number of pyridine rings is 1. The van der Waals surface area contributed by atoms with Gasteiger partial charge in [-0.25, -0.2) is 14.6 Å². The molecule has 0 saturated heterocycles. The van der Waals surface area contributed by atoms with Crippen LogP contribution in [0.4, 0.5) is 0 Å². The molecule has 0 spiro atoms. The zero-order chi connectivity index (χ0) is 18.5. The summed E-state index contributed by atoms with van der Waals surface area (Å²) in [5.74, 6) is 0.477. The van der Waals surface area contributed by atoms with E-state index in [0.29, 0.717) is 12.4 Å². The van der Waals surface area contributed by atoms with Crippen molar-refractivity contribution in [3.63, 3.8) is 0 Å². The molecule has 0 bridgehead atoms. The highest BCUT2D eigenvalue weighted by Gasteiger charge is 2.07. The molecule has 2 aromatic carbocycles. The molecule has 6 nitrogen and oxygen atoms in total. The third kappa shape index (κ3) is 3.74. The van der Waals surface area contributed by atoms with Gasteiger partial charge in [-0.05, 0) is 28.5 Å². The second-order valence-electron chi connectivity index (χ2n) is 5.95. The molecule has 0 atom stereocenters. The number of hydrogen-bond acceptors (Lipinski definition) is 4. The van der Waals surface area contributed by atoms with Gasteiger partial charge in [-0.3, -0.25) is 4.79 Å². The topological polar surface area (TPSA) is 72.7 Å². The van der Waals surface area contributed by atoms with Gasteiger partial charge in [0, 0.05) is 24.4 Å². The molecule has 2 aromatic heterocycles. The molecule has 0 unspecified atom stereocenters. The Hall–Kier alpha value is -3.80. The minimum Gasteiger partial charge on any atom is -0.348 e. The van der Waals surface area contributed by atoms with Gasteiger partial charge in [0.05, 0.1) is 0 Å². The molecule has 0 fully saturated rings. The van der Waals surface area contributed by atoms with E-state index in [1.165, 1.54) is 6.33 Å². The summed E-state index contributed by atoms with van der Waals surface area (Å²) in [4.78, 5) is 20.5. The van der Waals surface area contributed by atoms with Crippen molar-refractivity contribution in [2.75, 3.05) is 0 Å². The lowest BCUT2D eigenvalue weighted by molar-refractivity contribution is -0.116. The first-order valence-electron chi connectivity index (χ1n) is 8.54. The Morgan fingerprint density at radius 2 is 1.96 bits per heavy atom. The van der Waals surface area contributed by atoms with Gasteiger partial charge >= 0.3 is 0 Å². The molecule has 4 aromatic rings. The monoisotopic (exact) mass is 355 g/mol. The molecule has 0 saturated carbocycles. The van der Waals surface area contributed by atoms with E-state index < -0.39 is 0 Å². The van der Waals surface area contributed by atoms with Crippen molar-refractivity contribution in [1.82, 2.24) is 25.1 Å². The van der Waals surface area contributed by atoms with E-state index in [9.17, 15) is 4.79 Å². The van der Waals surface area contributed by atoms with Crippen LogP contribution in [0.2, 0.25) is 0 Å². The van der Waals surface area contributed by atoms with Gasteiger partial charge in [-0.15, -0.1) is 0 Å². The Balaban J connectivity index is 1.47. The van der Waals surface area contributed by atoms with E-state index in [1.807, 2.05) is 48.5 Å². The lowest BCUT2D eigenvalue weighted by Crippen LogP contribution is -2.21. The normalized spacial score (nSPS) is 11.1. The van der Waals surface area contributed by atoms with E-state index in [0.717, 1.165) is 21.9 Å². The summed E-state index contributed by atoms with van der Waals surface area (Å²) in [6.07, 6.45) is 8.09. The molecule has 6 heteroatoms. The van der Waals surface area contributed by atoms with Crippen LogP contribution in [0.25, 0.3) is 22.7 Å². The quantitative estimate of drug-likeness (QED) is 0.558. The summed E-state index contributed by atoms with van der Waals surface area (Å²) in [5, 5.41) is 9.25. The van der Waals surface area contributed by atoms with Crippen LogP contribution in [-0.2, 0) is 11.3 Å². The van der Waals surface area contributed by atoms with Crippen LogP contribution in [0, 0.1) is 0 Å². The summed E-state index contributed by atoms with van der Waals surface area (Å²) in [6.45, 7) is 0.349. The van der Waals surface area contributed by atoms with Crippen molar-refractivity contribution < 1.29 is 4.79 Å². The summed E-state index contributed by atoms with van der Waals surface area (Å²) < 4.78 is 1.58. The predicted octanol–water partition coefficient (Wildman–Crippen LogP) is 3.15. The average Bonchev–Trinajstić information content (AvgIpc) is 3.25. The zero-order valence-electron chi connectivity index (χ0n) is 14.5. The van der Waals surface area contributed by atoms with Gasteiger partial charge in [-0.2, -0.15) is 5.10 Å². The maximum Gasteiger partial charge on any atom is 0.244 e. The molecule has 2 heterocycles. The van der Waals surface area contributed by atoms with Crippen molar-refractivity contribution in [1.29, 1.82) is 0 Å². The zero-order valence-corrected chi connectivity index (χ0v) is 14.5. The molecule has 0 aliphatic rings. The SMILES string of the molecule is O=C(C=Cc1cccc2ccccc12)NCc1cccnc1-n1cncn1. The Kier molecular flexibility index (Phi) is 4.70. The van der Waals surface area contributed by atoms with E-state index in [4.69, 9.17) is 0 Å². The van der Waals surface area contributed by atoms with Crippen molar-refractivity contribution in [3.05, 3.63) is 90.7 Å². The molecule has 0 aliphatic heterocycles. The van der Waals surface area contributed by atoms with Crippen LogP contribution in [-0.4, -0.2) is 25.7 Å². The van der Waals surface area contributed by atoms with Crippen LogP contribution in [0.3, 0.4) is 0 Å². The minimum atomic E-state index is -0.170. The number of benzene rings is 2. The number of carbonyl (C=O) groups is 1. The number of fused-ring (bicyclic) bond motifs is 1. The lowest BCUT2D eigenvalue weighted by atomic mass is 10.0. The van der Waals surface area contributed by atoms with Crippen LogP contribution >= 0.6 is 0 Å². The first-order chi connectivity index (χ1) is 13.3. The van der Waals surface area contributed by atoms with Crippen molar-refractivity contribution in [3.8, 4) is 5.82 Å². The molecule has 0 aliphatic carbocycles. The van der Waals surface area contributed by atoms with E-state index in [-0.39, 0.29) is 5.91 Å². The van der Waals surface area contributed by atoms with Gasteiger partial charge in [0.1, 0.15) is 12.7 Å². The number of aromatic nitrogens is 4. The maximum atomic E-state index is 12.3. The Bertz CT molecular complexity index is 1100. The largest absolute Gasteiger partial charge is 0.348 e. The van der Waals surface area contributed by atoms with Gasteiger partial charge in [0.25, 0.3) is 0 Å². The summed E-state index contributed by atoms with van der Waals surface area (Å²) in [5.41, 5.74) is 1.86. The molecule has 132 valence electrons. The fraction of sp³-hybridized carbons (Fsp3) is 0.0476. The standard InChI is InChI=1S/C21H17N5O/c27-20(11-10-17-7-3-6-16-5-1-2-9-19(16)17)24-13-18-8-4-12-23-21(18)26-15-22-14-25-26/h1-12,14-15H,13H2,(H,24,27). The summed E-state index contributed by atoms with van der Waals surface area (Å²) in [6, 6.07) is 17.9. The predicted molar refractivity (Wildman–Crippen MR) is 104 cm³/mol. The first kappa shape index (κ1) is 16.7. The number of carbonyl (C=O) groups excluding carboxylic acids is 1. The summed E-state index contributed by atoms with van der Waals surface area (Å²) in [7, 11) is 0. The molecule has 27 heavy (non-hydrogen) atoms. The van der Waals surface area contributed by atoms with E-state index in [1.54, 1.807) is 23.3 Å². The maximum absolute atomic E-state index is 12.3. The lowest BCUT2D eigenvalue weighted by Gasteiger charge is -2.08. The Morgan fingerprint density at radius 3 is 2.85 bits per heavy atom. The molecular formula is C21H17N5O. The number of rotatable bonds is 5. The molecule has 0 radical (unpaired) electrons. The van der Waals surface area contributed by atoms with Gasteiger partial charge in [0.2, 0.25) is 5.91 Å². The number of hydrogen-bond donors (Lipinski definition) is 1. The highest BCUT2D eigenvalue weighted by molar-refractivity contribution is 5.96. The van der Waals surface area contributed by atoms with Gasteiger partial charge < -0.3 is 5.32 Å². The fourth-order valence-corrected chi connectivity index (χ4v) is 2.89.